The number of hydrogen-bond donors (Lipinski definition) is 1. The number of carboxylic acids is 1. The van der Waals surface area contributed by atoms with E-state index in [1.165, 1.54) is 6.20 Å². The molecule has 0 amide bonds. The van der Waals surface area contributed by atoms with Crippen LogP contribution in [0.1, 0.15) is 24.2 Å². The van der Waals surface area contributed by atoms with E-state index in [0.717, 1.165) is 28.9 Å². The van der Waals surface area contributed by atoms with Crippen molar-refractivity contribution in [3.63, 3.8) is 0 Å². The number of thioether (sulfide) groups is 1. The van der Waals surface area contributed by atoms with Crippen LogP contribution in [0.4, 0.5) is 5.82 Å². The molecule has 0 aliphatic carbocycles. The van der Waals surface area contributed by atoms with E-state index < -0.39 is 5.97 Å². The molecule has 2 atom stereocenters. The van der Waals surface area contributed by atoms with Gasteiger partial charge in [-0.15, -0.1) is 0 Å². The summed E-state index contributed by atoms with van der Waals surface area (Å²) >= 11 is 1.97. The van der Waals surface area contributed by atoms with Gasteiger partial charge in [-0.1, -0.05) is 31.2 Å². The molecule has 0 bridgehead atoms. The first kappa shape index (κ1) is 14.2. The first-order chi connectivity index (χ1) is 10.1. The highest BCUT2D eigenvalue weighted by atomic mass is 32.2. The molecule has 1 N–H and O–H groups in total. The first-order valence-electron chi connectivity index (χ1n) is 7.09. The molecule has 0 spiro atoms. The number of nitrogens with zero attached hydrogens (tertiary/aromatic N) is 2. The third-order valence-corrected chi connectivity index (χ3v) is 5.50. The molecule has 1 aromatic carbocycles. The number of fused-ring (bicyclic) bond motifs is 1. The Hall–Kier alpha value is -1.75. The molecule has 1 fully saturated rings. The Labute approximate surface area is 128 Å². The third-order valence-electron chi connectivity index (χ3n) is 4.16. The SMILES string of the molecule is CC1SCCN(c2ncc(C(=O)O)c3ccccc23)C1C. The molecule has 1 aliphatic rings. The summed E-state index contributed by atoms with van der Waals surface area (Å²) in [4.78, 5) is 18.1. The van der Waals surface area contributed by atoms with Gasteiger partial charge >= 0.3 is 5.97 Å². The van der Waals surface area contributed by atoms with Gasteiger partial charge in [-0.05, 0) is 6.92 Å². The third kappa shape index (κ3) is 2.46. The zero-order valence-corrected chi connectivity index (χ0v) is 12.9. The quantitative estimate of drug-likeness (QED) is 0.922. The van der Waals surface area contributed by atoms with Crippen molar-refractivity contribution in [2.75, 3.05) is 17.2 Å². The van der Waals surface area contributed by atoms with Crippen molar-refractivity contribution in [3.8, 4) is 0 Å². The summed E-state index contributed by atoms with van der Waals surface area (Å²) in [6, 6.07) is 8.01. The summed E-state index contributed by atoms with van der Waals surface area (Å²) in [7, 11) is 0. The standard InChI is InChI=1S/C16H18N2O2S/c1-10-11(2)21-8-7-18(10)15-13-6-4-3-5-12(13)14(9-17-15)16(19)20/h3-6,9-11H,7-8H2,1-2H3,(H,19,20). The van der Waals surface area contributed by atoms with Gasteiger partial charge < -0.3 is 10.0 Å². The van der Waals surface area contributed by atoms with E-state index in [2.05, 4.69) is 23.7 Å². The van der Waals surface area contributed by atoms with E-state index in [0.29, 0.717) is 11.3 Å². The highest BCUT2D eigenvalue weighted by Crippen LogP contribution is 2.33. The predicted molar refractivity (Wildman–Crippen MR) is 87.4 cm³/mol. The maximum absolute atomic E-state index is 11.4. The number of anilines is 1. The summed E-state index contributed by atoms with van der Waals surface area (Å²) in [6.07, 6.45) is 1.49. The molecule has 2 unspecified atom stereocenters. The Bertz CT molecular complexity index is 689. The molecule has 2 heterocycles. The molecule has 1 aromatic heterocycles. The highest BCUT2D eigenvalue weighted by Gasteiger charge is 2.27. The number of benzene rings is 1. The number of aromatic carboxylic acids is 1. The molecule has 2 aromatic rings. The Kier molecular flexibility index (Phi) is 3.76. The molecule has 110 valence electrons. The fraction of sp³-hybridized carbons (Fsp3) is 0.375. The lowest BCUT2D eigenvalue weighted by Gasteiger charge is -2.38. The van der Waals surface area contributed by atoms with E-state index in [4.69, 9.17) is 0 Å². The van der Waals surface area contributed by atoms with Gasteiger partial charge in [0.25, 0.3) is 0 Å². The number of hydrogen-bond acceptors (Lipinski definition) is 4. The van der Waals surface area contributed by atoms with E-state index in [1.54, 1.807) is 0 Å². The number of aromatic nitrogens is 1. The number of carbonyl (C=O) groups is 1. The Morgan fingerprint density at radius 2 is 2.05 bits per heavy atom. The van der Waals surface area contributed by atoms with Crippen molar-refractivity contribution in [2.45, 2.75) is 25.1 Å². The van der Waals surface area contributed by atoms with Crippen molar-refractivity contribution in [1.29, 1.82) is 0 Å². The molecular weight excluding hydrogens is 284 g/mol. The average molecular weight is 302 g/mol. The van der Waals surface area contributed by atoms with Crippen LogP contribution in [0, 0.1) is 0 Å². The Balaban J connectivity index is 2.16. The number of carboxylic acid groups (broad SMARTS) is 1. The van der Waals surface area contributed by atoms with Crippen molar-refractivity contribution < 1.29 is 9.90 Å². The number of rotatable bonds is 2. The van der Waals surface area contributed by atoms with Crippen LogP contribution >= 0.6 is 11.8 Å². The summed E-state index contributed by atoms with van der Waals surface area (Å²) in [6.45, 7) is 5.38. The summed E-state index contributed by atoms with van der Waals surface area (Å²) in [5.41, 5.74) is 0.265. The second-order valence-corrected chi connectivity index (χ2v) is 6.84. The monoisotopic (exact) mass is 302 g/mol. The molecular formula is C16H18N2O2S. The fourth-order valence-electron chi connectivity index (χ4n) is 2.81. The van der Waals surface area contributed by atoms with Crippen LogP contribution in [0.25, 0.3) is 10.8 Å². The van der Waals surface area contributed by atoms with Gasteiger partial charge in [0.05, 0.1) is 5.56 Å². The van der Waals surface area contributed by atoms with Crippen molar-refractivity contribution in [2.24, 2.45) is 0 Å². The van der Waals surface area contributed by atoms with E-state index in [-0.39, 0.29) is 5.56 Å². The Morgan fingerprint density at radius 3 is 2.76 bits per heavy atom. The maximum atomic E-state index is 11.4. The van der Waals surface area contributed by atoms with Crippen LogP contribution < -0.4 is 4.90 Å². The summed E-state index contributed by atoms with van der Waals surface area (Å²) in [5.74, 6) is 1.04. The van der Waals surface area contributed by atoms with Crippen LogP contribution in [0.5, 0.6) is 0 Å². The topological polar surface area (TPSA) is 53.4 Å². The van der Waals surface area contributed by atoms with E-state index >= 15 is 0 Å². The lowest BCUT2D eigenvalue weighted by molar-refractivity contribution is 0.0698. The zero-order valence-electron chi connectivity index (χ0n) is 12.1. The van der Waals surface area contributed by atoms with E-state index in [1.807, 2.05) is 36.0 Å². The molecule has 0 saturated carbocycles. The van der Waals surface area contributed by atoms with Crippen LogP contribution in [-0.4, -0.2) is 39.6 Å². The zero-order chi connectivity index (χ0) is 15.0. The number of pyridine rings is 1. The van der Waals surface area contributed by atoms with Crippen LogP contribution in [0.15, 0.2) is 30.5 Å². The summed E-state index contributed by atoms with van der Waals surface area (Å²) in [5, 5.41) is 11.5. The van der Waals surface area contributed by atoms with Gasteiger partial charge in [0, 0.05) is 40.6 Å². The summed E-state index contributed by atoms with van der Waals surface area (Å²) < 4.78 is 0. The maximum Gasteiger partial charge on any atom is 0.337 e. The predicted octanol–water partition coefficient (Wildman–Crippen LogP) is 3.26. The molecule has 5 heteroatoms. The molecule has 21 heavy (non-hydrogen) atoms. The molecule has 0 radical (unpaired) electrons. The smallest absolute Gasteiger partial charge is 0.337 e. The minimum Gasteiger partial charge on any atom is -0.478 e. The average Bonchev–Trinajstić information content (AvgIpc) is 2.49. The lowest BCUT2D eigenvalue weighted by atomic mass is 10.1. The van der Waals surface area contributed by atoms with Gasteiger partial charge in [-0.2, -0.15) is 11.8 Å². The minimum atomic E-state index is -0.930. The van der Waals surface area contributed by atoms with E-state index in [9.17, 15) is 9.90 Å². The van der Waals surface area contributed by atoms with Gasteiger partial charge in [0.2, 0.25) is 0 Å². The van der Waals surface area contributed by atoms with Crippen LogP contribution in [0.3, 0.4) is 0 Å². The lowest BCUT2D eigenvalue weighted by Crippen LogP contribution is -2.45. The molecule has 1 aliphatic heterocycles. The minimum absolute atomic E-state index is 0.265. The largest absolute Gasteiger partial charge is 0.478 e. The fourth-order valence-corrected chi connectivity index (χ4v) is 3.91. The molecule has 3 rings (SSSR count). The highest BCUT2D eigenvalue weighted by molar-refractivity contribution is 8.00. The second kappa shape index (κ2) is 5.56. The van der Waals surface area contributed by atoms with Crippen molar-refractivity contribution in [3.05, 3.63) is 36.0 Å². The Morgan fingerprint density at radius 1 is 1.33 bits per heavy atom. The normalized spacial score (nSPS) is 22.5. The molecule has 1 saturated heterocycles. The van der Waals surface area contributed by atoms with Crippen molar-refractivity contribution >= 4 is 34.3 Å². The van der Waals surface area contributed by atoms with Crippen LogP contribution in [-0.2, 0) is 0 Å². The van der Waals surface area contributed by atoms with Gasteiger partial charge in [0.1, 0.15) is 5.82 Å². The first-order valence-corrected chi connectivity index (χ1v) is 8.13. The van der Waals surface area contributed by atoms with Crippen LogP contribution in [0.2, 0.25) is 0 Å². The molecule has 4 nitrogen and oxygen atoms in total. The van der Waals surface area contributed by atoms with Gasteiger partial charge in [-0.25, -0.2) is 9.78 Å². The van der Waals surface area contributed by atoms with Gasteiger partial charge in [0.15, 0.2) is 0 Å². The second-order valence-electron chi connectivity index (χ2n) is 5.36. The van der Waals surface area contributed by atoms with Crippen molar-refractivity contribution in [1.82, 2.24) is 4.98 Å². The van der Waals surface area contributed by atoms with Gasteiger partial charge in [-0.3, -0.25) is 0 Å².